The minimum Gasteiger partial charge on any atom is -0.445 e. The van der Waals surface area contributed by atoms with Gasteiger partial charge in [-0.25, -0.2) is 9.36 Å². The van der Waals surface area contributed by atoms with Crippen LogP contribution in [-0.2, 0) is 13.6 Å². The van der Waals surface area contributed by atoms with Gasteiger partial charge in [0.25, 0.3) is 5.56 Å². The van der Waals surface area contributed by atoms with Crippen molar-refractivity contribution in [2.24, 2.45) is 7.05 Å². The first-order valence-corrected chi connectivity index (χ1v) is 4.94. The van der Waals surface area contributed by atoms with Gasteiger partial charge in [-0.15, -0.1) is 17.2 Å². The smallest absolute Gasteiger partial charge is 0.445 e. The molecule has 0 aliphatic heterocycles. The molecule has 0 amide bonds. The van der Waals surface area contributed by atoms with E-state index in [9.17, 15) is 17.7 Å². The van der Waals surface area contributed by atoms with Crippen molar-refractivity contribution >= 4 is 18.0 Å². The summed E-state index contributed by atoms with van der Waals surface area (Å²) < 4.78 is 39.0. The third-order valence-electron chi connectivity index (χ3n) is 2.44. The second-order valence-corrected chi connectivity index (χ2v) is 3.79. The van der Waals surface area contributed by atoms with Crippen molar-refractivity contribution in [2.45, 2.75) is 6.54 Å². The van der Waals surface area contributed by atoms with Gasteiger partial charge in [0.1, 0.15) is 5.39 Å². The first kappa shape index (κ1) is 16.6. The molecule has 0 fully saturated rings. The summed E-state index contributed by atoms with van der Waals surface area (Å²) in [6.45, 7) is -3.02. The molecule has 11 heteroatoms. The van der Waals surface area contributed by atoms with Gasteiger partial charge in [-0.1, -0.05) is 5.21 Å². The summed E-state index contributed by atoms with van der Waals surface area (Å²) in [7, 11) is 1.55. The van der Waals surface area contributed by atoms with Gasteiger partial charge in [-0.05, 0) is 0 Å². The number of allylic oxidation sites excluding steroid dienone is 1. The van der Waals surface area contributed by atoms with E-state index in [4.69, 9.17) is 0 Å². The fraction of sp³-hybridized carbons (Fsp3) is 0.250. The van der Waals surface area contributed by atoms with E-state index >= 15 is 0 Å². The number of aryl methyl sites for hydroxylation is 1. The van der Waals surface area contributed by atoms with Crippen LogP contribution in [0, 0.1) is 0 Å². The summed E-state index contributed by atoms with van der Waals surface area (Å²) >= 11 is 0. The van der Waals surface area contributed by atoms with Crippen LogP contribution < -0.4 is 56.9 Å². The molecular formula is C8H8BF3KN5O. The second kappa shape index (κ2) is 5.87. The average Bonchev–Trinajstić information content (AvgIpc) is 2.64. The van der Waals surface area contributed by atoms with E-state index in [1.165, 1.54) is 10.9 Å². The van der Waals surface area contributed by atoms with E-state index in [0.29, 0.717) is 4.68 Å². The third kappa shape index (κ3) is 3.34. The Morgan fingerprint density at radius 1 is 1.47 bits per heavy atom. The van der Waals surface area contributed by atoms with Crippen molar-refractivity contribution < 1.29 is 64.3 Å². The van der Waals surface area contributed by atoms with Gasteiger partial charge in [-0.3, -0.25) is 4.79 Å². The van der Waals surface area contributed by atoms with Crippen molar-refractivity contribution in [1.82, 2.24) is 24.8 Å². The molecule has 0 unspecified atom stereocenters. The largest absolute Gasteiger partial charge is 1.00 e. The molecule has 0 saturated heterocycles. The molecule has 6 nitrogen and oxygen atoms in total. The monoisotopic (exact) mass is 297 g/mol. The molecule has 0 radical (unpaired) electrons. The Hall–Kier alpha value is -0.489. The Balaban J connectivity index is 0.00000180. The summed E-state index contributed by atoms with van der Waals surface area (Å²) in [6.07, 6.45) is 1.24. The first-order chi connectivity index (χ1) is 8.30. The number of nitrogens with zero attached hydrogens (tertiary/aromatic N) is 5. The number of hydrogen-bond donors (Lipinski definition) is 0. The zero-order valence-electron chi connectivity index (χ0n) is 10.3. The summed E-state index contributed by atoms with van der Waals surface area (Å²) in [5.41, 5.74) is -1.46. The fourth-order valence-electron chi connectivity index (χ4n) is 1.38. The van der Waals surface area contributed by atoms with Gasteiger partial charge >= 0.3 is 58.4 Å². The molecule has 19 heavy (non-hydrogen) atoms. The number of rotatable bonds is 3. The minimum absolute atomic E-state index is 0. The van der Waals surface area contributed by atoms with Crippen LogP contribution in [0.2, 0.25) is 0 Å². The van der Waals surface area contributed by atoms with Gasteiger partial charge in [0.2, 0.25) is 0 Å². The quantitative estimate of drug-likeness (QED) is 0.586. The van der Waals surface area contributed by atoms with Crippen LogP contribution in [0.3, 0.4) is 0 Å². The maximum absolute atomic E-state index is 12.4. The molecule has 2 aromatic heterocycles. The topological polar surface area (TPSA) is 65.6 Å². The number of hydrogen-bond acceptors (Lipinski definition) is 4. The van der Waals surface area contributed by atoms with Crippen LogP contribution >= 0.6 is 0 Å². The normalized spacial score (nSPS) is 11.4. The maximum Gasteiger partial charge on any atom is 1.00 e. The van der Waals surface area contributed by atoms with Crippen LogP contribution in [0.25, 0.3) is 11.0 Å². The van der Waals surface area contributed by atoms with E-state index in [1.807, 2.05) is 0 Å². The predicted molar refractivity (Wildman–Crippen MR) is 58.8 cm³/mol. The Morgan fingerprint density at radius 3 is 2.68 bits per heavy atom. The molecule has 0 aliphatic carbocycles. The zero-order valence-corrected chi connectivity index (χ0v) is 13.5. The van der Waals surface area contributed by atoms with Crippen molar-refractivity contribution in [3.05, 3.63) is 28.6 Å². The van der Waals surface area contributed by atoms with E-state index in [0.717, 1.165) is 0 Å². The van der Waals surface area contributed by atoms with Crippen LogP contribution in [0.4, 0.5) is 12.9 Å². The third-order valence-corrected chi connectivity index (χ3v) is 2.44. The molecule has 2 rings (SSSR count). The van der Waals surface area contributed by atoms with Crippen LogP contribution in [0.15, 0.2) is 23.0 Å². The maximum atomic E-state index is 12.4. The van der Waals surface area contributed by atoms with Crippen molar-refractivity contribution in [2.75, 3.05) is 0 Å². The van der Waals surface area contributed by atoms with Crippen LogP contribution in [-0.4, -0.2) is 31.8 Å². The van der Waals surface area contributed by atoms with Gasteiger partial charge in [0, 0.05) is 13.6 Å². The van der Waals surface area contributed by atoms with Gasteiger partial charge in [0.05, 0.1) is 6.20 Å². The van der Waals surface area contributed by atoms with E-state index in [1.54, 1.807) is 7.05 Å². The van der Waals surface area contributed by atoms with Gasteiger partial charge in [0.15, 0.2) is 5.65 Å². The SMILES string of the molecule is C=C(Cn1nnc2c(cnn2C)c1=O)[B-](F)(F)F.[K+]. The Kier molecular flexibility index (Phi) is 5.12. The van der Waals surface area contributed by atoms with Crippen LogP contribution in [0.5, 0.6) is 0 Å². The minimum atomic E-state index is -5.20. The number of aromatic nitrogens is 5. The van der Waals surface area contributed by atoms with Gasteiger partial charge in [-0.2, -0.15) is 5.10 Å². The van der Waals surface area contributed by atoms with E-state index < -0.39 is 24.6 Å². The summed E-state index contributed by atoms with van der Waals surface area (Å²) in [6, 6.07) is 0. The Labute approximate surface area is 148 Å². The molecule has 0 N–H and O–H groups in total. The molecule has 0 saturated carbocycles. The Morgan fingerprint density at radius 2 is 2.11 bits per heavy atom. The van der Waals surface area contributed by atoms with Crippen molar-refractivity contribution in [1.29, 1.82) is 0 Å². The molecule has 0 bridgehead atoms. The molecule has 0 spiro atoms. The number of fused-ring (bicyclic) bond motifs is 1. The van der Waals surface area contributed by atoms with Crippen molar-refractivity contribution in [3.8, 4) is 0 Å². The molecule has 0 aliphatic rings. The van der Waals surface area contributed by atoms with Gasteiger partial charge < -0.3 is 12.9 Å². The molecule has 0 atom stereocenters. The van der Waals surface area contributed by atoms with E-state index in [-0.39, 0.29) is 62.4 Å². The first-order valence-electron chi connectivity index (χ1n) is 4.94. The standard InChI is InChI=1S/C8H8BF3N5O.K/c1-5(9(10,11)12)4-17-8(18)6-3-13-16(2)7(6)14-15-17;/h3H,1,4H2,2H3;/q-1;+1. The predicted octanol–water partition coefficient (Wildman–Crippen LogP) is -2.53. The molecule has 2 aromatic rings. The molecule has 96 valence electrons. The van der Waals surface area contributed by atoms with E-state index in [2.05, 4.69) is 22.0 Å². The summed E-state index contributed by atoms with van der Waals surface area (Å²) in [4.78, 5) is 11.8. The summed E-state index contributed by atoms with van der Waals surface area (Å²) in [5.74, 6) is 0. The second-order valence-electron chi connectivity index (χ2n) is 3.79. The Bertz CT molecular complexity index is 679. The molecule has 0 aromatic carbocycles. The molecular weight excluding hydrogens is 289 g/mol. The van der Waals surface area contributed by atoms with Crippen molar-refractivity contribution in [3.63, 3.8) is 0 Å². The van der Waals surface area contributed by atoms with Crippen LogP contribution in [0.1, 0.15) is 0 Å². The number of halogens is 3. The average molecular weight is 297 g/mol. The summed E-state index contributed by atoms with van der Waals surface area (Å²) in [5, 5.41) is 11.0. The molecule has 2 heterocycles. The zero-order chi connectivity index (χ0) is 13.5. The fourth-order valence-corrected chi connectivity index (χ4v) is 1.38.